The van der Waals surface area contributed by atoms with Crippen molar-refractivity contribution in [3.63, 3.8) is 0 Å². The number of ether oxygens (including phenoxy) is 1. The maximum Gasteiger partial charge on any atom is 0.194 e. The van der Waals surface area contributed by atoms with E-state index in [-0.39, 0.29) is 24.0 Å². The number of nitrogens with zero attached hydrogens (tertiary/aromatic N) is 3. The molecular formula is C20H31IN4OS. The number of guanidine groups is 1. The summed E-state index contributed by atoms with van der Waals surface area (Å²) in [5.74, 6) is 1.69. The molecule has 0 bridgehead atoms. The molecule has 0 amide bonds. The number of aryl methyl sites for hydroxylation is 2. The van der Waals surface area contributed by atoms with E-state index < -0.39 is 0 Å². The average molecular weight is 502 g/mol. The van der Waals surface area contributed by atoms with Crippen molar-refractivity contribution in [2.45, 2.75) is 70.1 Å². The zero-order valence-electron chi connectivity index (χ0n) is 16.4. The number of rotatable bonds is 3. The van der Waals surface area contributed by atoms with Gasteiger partial charge in [0.05, 0.1) is 18.3 Å². The van der Waals surface area contributed by atoms with E-state index >= 15 is 0 Å². The number of hydrogen-bond acceptors (Lipinski definition) is 4. The number of hydrogen-bond donors (Lipinski definition) is 1. The Labute approximate surface area is 183 Å². The van der Waals surface area contributed by atoms with Crippen molar-refractivity contribution >= 4 is 41.3 Å². The van der Waals surface area contributed by atoms with E-state index in [9.17, 15) is 0 Å². The molecule has 4 aliphatic rings. The van der Waals surface area contributed by atoms with E-state index in [2.05, 4.69) is 22.3 Å². The molecule has 3 unspecified atom stereocenters. The molecule has 1 aromatic rings. The molecule has 3 fully saturated rings. The fourth-order valence-electron chi connectivity index (χ4n) is 5.69. The van der Waals surface area contributed by atoms with Crippen LogP contribution in [0.15, 0.2) is 4.99 Å². The number of aliphatic imine (C=N–C) groups is 1. The first-order chi connectivity index (χ1) is 12.7. The smallest absolute Gasteiger partial charge is 0.194 e. The van der Waals surface area contributed by atoms with Gasteiger partial charge in [0.15, 0.2) is 5.96 Å². The molecule has 3 aliphatic carbocycles. The van der Waals surface area contributed by atoms with Crippen LogP contribution in [-0.2, 0) is 24.1 Å². The minimum Gasteiger partial charge on any atom is -0.377 e. The molecule has 1 N–H and O–H groups in total. The Morgan fingerprint density at radius 3 is 2.85 bits per heavy atom. The van der Waals surface area contributed by atoms with Crippen LogP contribution in [-0.4, -0.2) is 48.7 Å². The van der Waals surface area contributed by atoms with Gasteiger partial charge in [-0.05, 0) is 44.9 Å². The molecule has 27 heavy (non-hydrogen) atoms. The second-order valence-electron chi connectivity index (χ2n) is 8.54. The van der Waals surface area contributed by atoms with Gasteiger partial charge in [0.2, 0.25) is 0 Å². The Morgan fingerprint density at radius 2 is 2.15 bits per heavy atom. The van der Waals surface area contributed by atoms with Crippen molar-refractivity contribution in [1.82, 2.24) is 15.2 Å². The monoisotopic (exact) mass is 502 g/mol. The summed E-state index contributed by atoms with van der Waals surface area (Å²) in [6.45, 7) is 1.79. The molecule has 150 valence electrons. The Hall–Kier alpha value is -0.410. The molecule has 7 heteroatoms. The van der Waals surface area contributed by atoms with Gasteiger partial charge in [0, 0.05) is 43.0 Å². The third-order valence-electron chi connectivity index (χ3n) is 7.16. The minimum absolute atomic E-state index is 0. The first-order valence-corrected chi connectivity index (χ1v) is 11.1. The number of nitrogens with one attached hydrogen (secondary N) is 1. The van der Waals surface area contributed by atoms with Gasteiger partial charge in [-0.15, -0.1) is 35.3 Å². The van der Waals surface area contributed by atoms with Gasteiger partial charge < -0.3 is 15.0 Å². The van der Waals surface area contributed by atoms with Crippen molar-refractivity contribution in [2.24, 2.45) is 16.3 Å². The predicted octanol–water partition coefficient (Wildman–Crippen LogP) is 3.60. The van der Waals surface area contributed by atoms with Crippen molar-refractivity contribution in [2.75, 3.05) is 20.7 Å². The molecule has 0 radical (unpaired) electrons. The van der Waals surface area contributed by atoms with Gasteiger partial charge >= 0.3 is 0 Å². The summed E-state index contributed by atoms with van der Waals surface area (Å²) in [7, 11) is 4.05. The lowest BCUT2D eigenvalue weighted by atomic mass is 9.46. The number of halogens is 1. The summed E-state index contributed by atoms with van der Waals surface area (Å²) < 4.78 is 6.06. The number of aromatic nitrogens is 1. The maximum absolute atomic E-state index is 6.06. The molecule has 5 rings (SSSR count). The van der Waals surface area contributed by atoms with E-state index in [1.54, 1.807) is 0 Å². The van der Waals surface area contributed by atoms with Crippen molar-refractivity contribution in [3.8, 4) is 0 Å². The largest absolute Gasteiger partial charge is 0.377 e. The zero-order valence-corrected chi connectivity index (χ0v) is 19.5. The first-order valence-electron chi connectivity index (χ1n) is 10.2. The normalized spacial score (nSPS) is 30.6. The molecule has 2 heterocycles. The molecular weight excluding hydrogens is 471 g/mol. The second-order valence-corrected chi connectivity index (χ2v) is 9.71. The van der Waals surface area contributed by atoms with Crippen LogP contribution in [0, 0.1) is 11.3 Å². The van der Waals surface area contributed by atoms with Crippen LogP contribution in [0.4, 0.5) is 0 Å². The van der Waals surface area contributed by atoms with E-state index in [0.29, 0.717) is 23.5 Å². The molecule has 1 aliphatic heterocycles. The van der Waals surface area contributed by atoms with E-state index in [4.69, 9.17) is 9.72 Å². The van der Waals surface area contributed by atoms with Gasteiger partial charge in [-0.2, -0.15) is 0 Å². The summed E-state index contributed by atoms with van der Waals surface area (Å²) in [5.41, 5.74) is 1.74. The third kappa shape index (κ3) is 3.21. The van der Waals surface area contributed by atoms with Gasteiger partial charge in [0.25, 0.3) is 0 Å². The van der Waals surface area contributed by atoms with Crippen LogP contribution in [0.3, 0.4) is 0 Å². The second kappa shape index (κ2) is 7.78. The SMILES string of the molecule is CN=C(NC1C2CCOC2C12CCC2)N(C)Cc1nc2c(s1)CCCC2.I. The van der Waals surface area contributed by atoms with Gasteiger partial charge in [-0.1, -0.05) is 6.42 Å². The van der Waals surface area contributed by atoms with Gasteiger partial charge in [-0.25, -0.2) is 4.98 Å². The predicted molar refractivity (Wildman–Crippen MR) is 120 cm³/mol. The average Bonchev–Trinajstić information content (AvgIpc) is 3.18. The van der Waals surface area contributed by atoms with Crippen LogP contribution in [0.5, 0.6) is 0 Å². The standard InChI is InChI=1S/C20H30N4OS.HI/c1-21-19(23-17-13-8-11-25-18(13)20(17)9-5-10-20)24(2)12-16-22-14-6-3-4-7-15(14)26-16;/h13,17-18H,3-12H2,1-2H3,(H,21,23);1H. The van der Waals surface area contributed by atoms with Crippen LogP contribution in [0.1, 0.15) is 54.1 Å². The van der Waals surface area contributed by atoms with E-state index in [0.717, 1.165) is 25.5 Å². The zero-order chi connectivity index (χ0) is 17.7. The highest BCUT2D eigenvalue weighted by molar-refractivity contribution is 14.0. The highest BCUT2D eigenvalue weighted by atomic mass is 127. The highest BCUT2D eigenvalue weighted by Crippen LogP contribution is 2.62. The van der Waals surface area contributed by atoms with E-state index in [1.165, 1.54) is 60.5 Å². The topological polar surface area (TPSA) is 49.8 Å². The fourth-order valence-corrected chi connectivity index (χ4v) is 6.90. The lowest BCUT2D eigenvalue weighted by Crippen LogP contribution is -2.72. The molecule has 5 nitrogen and oxygen atoms in total. The van der Waals surface area contributed by atoms with Crippen LogP contribution >= 0.6 is 35.3 Å². The summed E-state index contributed by atoms with van der Waals surface area (Å²) >= 11 is 1.91. The Kier molecular flexibility index (Phi) is 5.73. The molecule has 3 atom stereocenters. The molecule has 1 spiro atoms. The molecule has 1 saturated heterocycles. The van der Waals surface area contributed by atoms with Crippen LogP contribution < -0.4 is 5.32 Å². The van der Waals surface area contributed by atoms with Gasteiger partial charge in [0.1, 0.15) is 5.01 Å². The lowest BCUT2D eigenvalue weighted by molar-refractivity contribution is -0.171. The summed E-state index contributed by atoms with van der Waals surface area (Å²) in [5, 5.41) is 5.05. The maximum atomic E-state index is 6.06. The summed E-state index contributed by atoms with van der Waals surface area (Å²) in [6, 6.07) is 0.536. The Morgan fingerprint density at radius 1 is 1.33 bits per heavy atom. The van der Waals surface area contributed by atoms with Crippen molar-refractivity contribution in [3.05, 3.63) is 15.6 Å². The van der Waals surface area contributed by atoms with Crippen LogP contribution in [0.25, 0.3) is 0 Å². The van der Waals surface area contributed by atoms with Crippen molar-refractivity contribution < 1.29 is 4.74 Å². The Balaban J connectivity index is 0.00000180. The first kappa shape index (κ1) is 19.9. The van der Waals surface area contributed by atoms with Gasteiger partial charge in [-0.3, -0.25) is 4.99 Å². The van der Waals surface area contributed by atoms with E-state index in [1.807, 2.05) is 18.4 Å². The summed E-state index contributed by atoms with van der Waals surface area (Å²) in [4.78, 5) is 13.3. The van der Waals surface area contributed by atoms with Crippen molar-refractivity contribution in [1.29, 1.82) is 0 Å². The molecule has 1 aromatic heterocycles. The van der Waals surface area contributed by atoms with Crippen LogP contribution in [0.2, 0.25) is 0 Å². The number of thiazole rings is 1. The third-order valence-corrected chi connectivity index (χ3v) is 8.30. The minimum atomic E-state index is 0. The molecule has 2 saturated carbocycles. The quantitative estimate of drug-likeness (QED) is 0.390. The Bertz CT molecular complexity index is 693. The molecule has 0 aromatic carbocycles. The fraction of sp³-hybridized carbons (Fsp3) is 0.800. The lowest BCUT2D eigenvalue weighted by Gasteiger charge is -2.63. The summed E-state index contributed by atoms with van der Waals surface area (Å²) in [6.07, 6.45) is 10.7. The highest BCUT2D eigenvalue weighted by Gasteiger charge is 2.66. The number of fused-ring (bicyclic) bond motifs is 3.